The standard InChI is InChI=1S/C18H25N7O3/c1-11(6-7-19-16(26)15-14(12-4-5-12)21-23-22-15)24(2)17(27)13-10-20-25-8-3-9-28-18(13)25/h10-12H,3-9H2,1-2H3,(H,19,26)(H,21,22,23). The Bertz CT molecular complexity index is 870. The molecule has 28 heavy (non-hydrogen) atoms. The van der Waals surface area contributed by atoms with E-state index < -0.39 is 0 Å². The van der Waals surface area contributed by atoms with E-state index in [0.29, 0.717) is 42.6 Å². The zero-order valence-corrected chi connectivity index (χ0v) is 16.1. The lowest BCUT2D eigenvalue weighted by atomic mass is 10.1. The van der Waals surface area contributed by atoms with Gasteiger partial charge < -0.3 is 15.0 Å². The average Bonchev–Trinajstić information content (AvgIpc) is 3.27. The van der Waals surface area contributed by atoms with Gasteiger partial charge in [0.2, 0.25) is 5.88 Å². The molecular weight excluding hydrogens is 362 g/mol. The number of aromatic nitrogens is 5. The van der Waals surface area contributed by atoms with Gasteiger partial charge in [-0.2, -0.15) is 20.5 Å². The Balaban J connectivity index is 1.30. The van der Waals surface area contributed by atoms with Gasteiger partial charge in [0.1, 0.15) is 5.56 Å². The van der Waals surface area contributed by atoms with Crippen LogP contribution in [0.1, 0.15) is 65.1 Å². The summed E-state index contributed by atoms with van der Waals surface area (Å²) in [5.41, 5.74) is 1.61. The van der Waals surface area contributed by atoms with Crippen LogP contribution in [0.25, 0.3) is 0 Å². The number of nitrogens with zero attached hydrogens (tertiary/aromatic N) is 5. The van der Waals surface area contributed by atoms with E-state index in [1.165, 1.54) is 0 Å². The third kappa shape index (κ3) is 3.58. The third-order valence-corrected chi connectivity index (χ3v) is 5.36. The Kier molecular flexibility index (Phi) is 5.01. The number of hydrogen-bond donors (Lipinski definition) is 2. The number of nitrogens with one attached hydrogen (secondary N) is 2. The van der Waals surface area contributed by atoms with Crippen LogP contribution in [0.15, 0.2) is 6.20 Å². The van der Waals surface area contributed by atoms with Gasteiger partial charge in [-0.25, -0.2) is 4.68 Å². The largest absolute Gasteiger partial charge is 0.477 e. The van der Waals surface area contributed by atoms with Crippen LogP contribution in [0.3, 0.4) is 0 Å². The average molecular weight is 387 g/mol. The molecule has 3 heterocycles. The second-order valence-electron chi connectivity index (χ2n) is 7.43. The molecule has 2 aromatic heterocycles. The normalized spacial score (nSPS) is 16.8. The summed E-state index contributed by atoms with van der Waals surface area (Å²) in [4.78, 5) is 26.8. The van der Waals surface area contributed by atoms with Crippen molar-refractivity contribution in [2.75, 3.05) is 20.2 Å². The first kappa shape index (κ1) is 18.5. The van der Waals surface area contributed by atoms with Crippen molar-refractivity contribution in [1.82, 2.24) is 35.4 Å². The molecule has 0 bridgehead atoms. The summed E-state index contributed by atoms with van der Waals surface area (Å²) in [7, 11) is 1.75. The van der Waals surface area contributed by atoms with Gasteiger partial charge >= 0.3 is 0 Å². The fourth-order valence-electron chi connectivity index (χ4n) is 3.33. The van der Waals surface area contributed by atoms with E-state index in [1.807, 2.05) is 6.92 Å². The third-order valence-electron chi connectivity index (χ3n) is 5.36. The maximum Gasteiger partial charge on any atom is 0.273 e. The molecule has 1 fully saturated rings. The molecule has 1 aliphatic carbocycles. The van der Waals surface area contributed by atoms with Crippen molar-refractivity contribution in [3.8, 4) is 5.88 Å². The van der Waals surface area contributed by atoms with Gasteiger partial charge in [-0.05, 0) is 26.2 Å². The van der Waals surface area contributed by atoms with Crippen molar-refractivity contribution >= 4 is 11.8 Å². The molecule has 2 aromatic rings. The van der Waals surface area contributed by atoms with Crippen molar-refractivity contribution in [1.29, 1.82) is 0 Å². The minimum atomic E-state index is -0.226. The van der Waals surface area contributed by atoms with Crippen LogP contribution in [-0.4, -0.2) is 68.1 Å². The summed E-state index contributed by atoms with van der Waals surface area (Å²) in [6.07, 6.45) is 5.19. The number of amides is 2. The topological polar surface area (TPSA) is 118 Å². The molecule has 10 heteroatoms. The van der Waals surface area contributed by atoms with Crippen molar-refractivity contribution in [2.24, 2.45) is 0 Å². The lowest BCUT2D eigenvalue weighted by Crippen LogP contribution is -2.38. The molecule has 10 nitrogen and oxygen atoms in total. The van der Waals surface area contributed by atoms with E-state index >= 15 is 0 Å². The molecule has 0 radical (unpaired) electrons. The molecule has 150 valence electrons. The first-order valence-corrected chi connectivity index (χ1v) is 9.71. The van der Waals surface area contributed by atoms with Gasteiger partial charge in [-0.15, -0.1) is 0 Å². The number of carbonyl (C=O) groups excluding carboxylic acids is 2. The van der Waals surface area contributed by atoms with Crippen LogP contribution in [0.4, 0.5) is 0 Å². The van der Waals surface area contributed by atoms with E-state index in [1.54, 1.807) is 22.8 Å². The Morgan fingerprint density at radius 3 is 3.04 bits per heavy atom. The lowest BCUT2D eigenvalue weighted by molar-refractivity contribution is 0.0730. The Labute approximate surface area is 162 Å². The quantitative estimate of drug-likeness (QED) is 0.730. The van der Waals surface area contributed by atoms with E-state index in [9.17, 15) is 9.59 Å². The summed E-state index contributed by atoms with van der Waals surface area (Å²) in [6.45, 7) is 3.75. The zero-order chi connectivity index (χ0) is 19.7. The van der Waals surface area contributed by atoms with Crippen LogP contribution in [0.5, 0.6) is 5.88 Å². The molecular formula is C18H25N7O3. The zero-order valence-electron chi connectivity index (χ0n) is 16.1. The molecule has 2 amide bonds. The first-order valence-electron chi connectivity index (χ1n) is 9.71. The smallest absolute Gasteiger partial charge is 0.273 e. The number of hydrogen-bond acceptors (Lipinski definition) is 6. The van der Waals surface area contributed by atoms with Gasteiger partial charge in [0.15, 0.2) is 5.69 Å². The highest BCUT2D eigenvalue weighted by Crippen LogP contribution is 2.39. The van der Waals surface area contributed by atoms with Crippen molar-refractivity contribution in [3.63, 3.8) is 0 Å². The number of H-pyrrole nitrogens is 1. The van der Waals surface area contributed by atoms with Crippen LogP contribution in [-0.2, 0) is 6.54 Å². The number of fused-ring (bicyclic) bond motifs is 1. The fraction of sp³-hybridized carbons (Fsp3) is 0.611. The molecule has 1 aliphatic heterocycles. The number of aryl methyl sites for hydroxylation is 1. The van der Waals surface area contributed by atoms with E-state index in [4.69, 9.17) is 4.74 Å². The highest BCUT2D eigenvalue weighted by atomic mass is 16.5. The number of carbonyl (C=O) groups is 2. The van der Waals surface area contributed by atoms with Crippen LogP contribution in [0, 0.1) is 0 Å². The fourth-order valence-corrected chi connectivity index (χ4v) is 3.33. The maximum atomic E-state index is 12.8. The Hall–Kier alpha value is -2.91. The van der Waals surface area contributed by atoms with Crippen molar-refractivity contribution < 1.29 is 14.3 Å². The molecule has 2 N–H and O–H groups in total. The number of aromatic amines is 1. The Morgan fingerprint density at radius 1 is 1.43 bits per heavy atom. The van der Waals surface area contributed by atoms with Crippen LogP contribution < -0.4 is 10.1 Å². The second-order valence-corrected chi connectivity index (χ2v) is 7.43. The van der Waals surface area contributed by atoms with E-state index in [2.05, 4.69) is 25.8 Å². The minimum Gasteiger partial charge on any atom is -0.477 e. The summed E-state index contributed by atoms with van der Waals surface area (Å²) < 4.78 is 7.34. The predicted molar refractivity (Wildman–Crippen MR) is 99.2 cm³/mol. The predicted octanol–water partition coefficient (Wildman–Crippen LogP) is 0.942. The second kappa shape index (κ2) is 7.61. The Morgan fingerprint density at radius 2 is 2.25 bits per heavy atom. The van der Waals surface area contributed by atoms with Gasteiger partial charge in [0, 0.05) is 38.5 Å². The number of ether oxygens (including phenoxy) is 1. The van der Waals surface area contributed by atoms with Crippen LogP contribution >= 0.6 is 0 Å². The molecule has 1 unspecified atom stereocenters. The van der Waals surface area contributed by atoms with Crippen LogP contribution in [0.2, 0.25) is 0 Å². The highest BCUT2D eigenvalue weighted by molar-refractivity contribution is 5.96. The molecule has 4 rings (SSSR count). The lowest BCUT2D eigenvalue weighted by Gasteiger charge is -2.25. The summed E-state index contributed by atoms with van der Waals surface area (Å²) in [6, 6.07) is -0.0628. The molecule has 1 atom stereocenters. The van der Waals surface area contributed by atoms with Gasteiger partial charge in [-0.1, -0.05) is 0 Å². The van der Waals surface area contributed by atoms with Crippen molar-refractivity contribution in [3.05, 3.63) is 23.1 Å². The highest BCUT2D eigenvalue weighted by Gasteiger charge is 2.32. The molecule has 2 aliphatic rings. The van der Waals surface area contributed by atoms with Gasteiger partial charge in [0.05, 0.1) is 18.5 Å². The summed E-state index contributed by atoms with van der Waals surface area (Å²) >= 11 is 0. The SMILES string of the molecule is CC(CCNC(=O)c1n[nH]nc1C1CC1)N(C)C(=O)c1cnn2c1OCCC2. The number of rotatable bonds is 7. The van der Waals surface area contributed by atoms with Gasteiger partial charge in [-0.3, -0.25) is 9.59 Å². The summed E-state index contributed by atoms with van der Waals surface area (Å²) in [5, 5.41) is 17.7. The molecule has 0 aromatic carbocycles. The van der Waals surface area contributed by atoms with E-state index in [-0.39, 0.29) is 17.9 Å². The minimum absolute atomic E-state index is 0.0628. The molecule has 1 saturated carbocycles. The molecule has 0 saturated heterocycles. The maximum absolute atomic E-state index is 12.8. The summed E-state index contributed by atoms with van der Waals surface area (Å²) in [5.74, 6) is 0.541. The molecule has 0 spiro atoms. The monoisotopic (exact) mass is 387 g/mol. The van der Waals surface area contributed by atoms with Gasteiger partial charge in [0.25, 0.3) is 11.8 Å². The van der Waals surface area contributed by atoms with E-state index in [0.717, 1.165) is 31.5 Å². The van der Waals surface area contributed by atoms with Crippen molar-refractivity contribution in [2.45, 2.75) is 51.1 Å². The first-order chi connectivity index (χ1) is 13.6.